The van der Waals surface area contributed by atoms with Crippen LogP contribution in [0.15, 0.2) is 6.20 Å². The van der Waals surface area contributed by atoms with E-state index in [0.717, 1.165) is 50.6 Å². The van der Waals surface area contributed by atoms with Crippen molar-refractivity contribution >= 4 is 17.2 Å². The fourth-order valence-electron chi connectivity index (χ4n) is 4.04. The molecule has 0 atom stereocenters. The summed E-state index contributed by atoms with van der Waals surface area (Å²) in [5.41, 5.74) is 6.12. The van der Waals surface area contributed by atoms with Crippen LogP contribution in [0.2, 0.25) is 0 Å². The summed E-state index contributed by atoms with van der Waals surface area (Å²) in [6.07, 6.45) is 8.63. The molecule has 1 aromatic rings. The zero-order valence-corrected chi connectivity index (χ0v) is 15.6. The van der Waals surface area contributed by atoms with Crippen LogP contribution in [0.25, 0.3) is 0 Å². The molecular formula is C18H30N4OS. The molecule has 0 spiro atoms. The van der Waals surface area contributed by atoms with Gasteiger partial charge in [0.1, 0.15) is 0 Å². The Kier molecular flexibility index (Phi) is 5.89. The predicted octanol–water partition coefficient (Wildman–Crippen LogP) is 2.40. The van der Waals surface area contributed by atoms with Crippen LogP contribution < -0.4 is 5.73 Å². The van der Waals surface area contributed by atoms with E-state index in [-0.39, 0.29) is 5.41 Å². The number of thiazole rings is 1. The average molecular weight is 351 g/mol. The Morgan fingerprint density at radius 2 is 1.96 bits per heavy atom. The molecule has 24 heavy (non-hydrogen) atoms. The highest BCUT2D eigenvalue weighted by Crippen LogP contribution is 2.38. The number of amides is 1. The van der Waals surface area contributed by atoms with Crippen LogP contribution in [-0.2, 0) is 11.3 Å². The number of carbonyl (C=O) groups is 1. The van der Waals surface area contributed by atoms with Gasteiger partial charge in [0.2, 0.25) is 5.91 Å². The number of aromatic nitrogens is 1. The normalized spacial score (nSPS) is 21.8. The third kappa shape index (κ3) is 4.35. The molecule has 2 aliphatic rings. The Labute approximate surface area is 149 Å². The van der Waals surface area contributed by atoms with E-state index in [1.165, 1.54) is 24.1 Å². The van der Waals surface area contributed by atoms with E-state index in [1.54, 1.807) is 11.3 Å². The van der Waals surface area contributed by atoms with Crippen LogP contribution in [-0.4, -0.2) is 53.4 Å². The summed E-state index contributed by atoms with van der Waals surface area (Å²) in [4.78, 5) is 22.9. The first kappa shape index (κ1) is 17.8. The Morgan fingerprint density at radius 1 is 1.25 bits per heavy atom. The van der Waals surface area contributed by atoms with Gasteiger partial charge in [-0.05, 0) is 31.7 Å². The second kappa shape index (κ2) is 7.93. The second-order valence-electron chi connectivity index (χ2n) is 7.44. The van der Waals surface area contributed by atoms with E-state index in [9.17, 15) is 4.79 Å². The van der Waals surface area contributed by atoms with E-state index in [4.69, 9.17) is 5.73 Å². The Bertz CT molecular complexity index is 545. The molecule has 134 valence electrons. The van der Waals surface area contributed by atoms with E-state index >= 15 is 0 Å². The van der Waals surface area contributed by atoms with Crippen molar-refractivity contribution in [3.63, 3.8) is 0 Å². The zero-order chi connectivity index (χ0) is 17.0. The van der Waals surface area contributed by atoms with Crippen LogP contribution in [0.4, 0.5) is 0 Å². The second-order valence-corrected chi connectivity index (χ2v) is 8.76. The fraction of sp³-hybridized carbons (Fsp3) is 0.778. The summed E-state index contributed by atoms with van der Waals surface area (Å²) in [7, 11) is 0. The summed E-state index contributed by atoms with van der Waals surface area (Å²) in [5.74, 6) is 0.315. The molecule has 1 amide bonds. The summed E-state index contributed by atoms with van der Waals surface area (Å²) in [5, 5.41) is 1.12. The van der Waals surface area contributed by atoms with Crippen molar-refractivity contribution in [1.29, 1.82) is 0 Å². The topological polar surface area (TPSA) is 62.5 Å². The van der Waals surface area contributed by atoms with Gasteiger partial charge in [0.25, 0.3) is 0 Å². The summed E-state index contributed by atoms with van der Waals surface area (Å²) >= 11 is 1.77. The number of hydrogen-bond acceptors (Lipinski definition) is 5. The first-order chi connectivity index (χ1) is 11.6. The molecule has 5 nitrogen and oxygen atoms in total. The maximum Gasteiger partial charge on any atom is 0.223 e. The monoisotopic (exact) mass is 350 g/mol. The van der Waals surface area contributed by atoms with Crippen molar-refractivity contribution in [2.45, 2.75) is 52.0 Å². The van der Waals surface area contributed by atoms with Gasteiger partial charge in [-0.2, -0.15) is 0 Å². The maximum atomic E-state index is 12.7. The average Bonchev–Trinajstić information content (AvgIpc) is 3.01. The molecule has 2 heterocycles. The van der Waals surface area contributed by atoms with E-state index in [0.29, 0.717) is 18.9 Å². The van der Waals surface area contributed by atoms with Crippen LogP contribution in [0.5, 0.6) is 0 Å². The molecule has 6 heteroatoms. The number of nitrogens with two attached hydrogens (primary N) is 1. The lowest BCUT2D eigenvalue weighted by atomic mass is 9.71. The summed E-state index contributed by atoms with van der Waals surface area (Å²) in [6, 6.07) is 0. The molecule has 1 saturated carbocycles. The molecule has 0 bridgehead atoms. The number of hydrogen-bond donors (Lipinski definition) is 1. The van der Waals surface area contributed by atoms with Crippen molar-refractivity contribution in [2.24, 2.45) is 11.1 Å². The third-order valence-electron chi connectivity index (χ3n) is 5.65. The third-order valence-corrected chi connectivity index (χ3v) is 6.54. The zero-order valence-electron chi connectivity index (χ0n) is 14.8. The van der Waals surface area contributed by atoms with Gasteiger partial charge in [-0.1, -0.05) is 19.3 Å². The van der Waals surface area contributed by atoms with Gasteiger partial charge in [0, 0.05) is 50.2 Å². The molecule has 3 rings (SSSR count). The molecule has 0 aromatic carbocycles. The smallest absolute Gasteiger partial charge is 0.223 e. The Balaban J connectivity index is 1.47. The molecule has 2 fully saturated rings. The highest BCUT2D eigenvalue weighted by atomic mass is 32.1. The minimum Gasteiger partial charge on any atom is -0.340 e. The molecule has 1 aromatic heterocycles. The number of nitrogens with zero attached hydrogens (tertiary/aromatic N) is 3. The van der Waals surface area contributed by atoms with Gasteiger partial charge in [-0.25, -0.2) is 4.98 Å². The van der Waals surface area contributed by atoms with Crippen LogP contribution in [0.1, 0.15) is 48.4 Å². The molecule has 1 aliphatic carbocycles. The van der Waals surface area contributed by atoms with Gasteiger partial charge < -0.3 is 10.6 Å². The fourth-order valence-corrected chi connectivity index (χ4v) is 4.88. The highest BCUT2D eigenvalue weighted by molar-refractivity contribution is 7.11. The molecule has 0 radical (unpaired) electrons. The highest BCUT2D eigenvalue weighted by Gasteiger charge is 2.35. The lowest BCUT2D eigenvalue weighted by molar-refractivity contribution is -0.136. The quantitative estimate of drug-likeness (QED) is 0.886. The lowest BCUT2D eigenvalue weighted by Crippen LogP contribution is -2.50. The van der Waals surface area contributed by atoms with Gasteiger partial charge >= 0.3 is 0 Å². The first-order valence-electron chi connectivity index (χ1n) is 9.22. The number of piperazine rings is 1. The molecule has 1 aliphatic heterocycles. The van der Waals surface area contributed by atoms with E-state index in [1.807, 2.05) is 13.1 Å². The van der Waals surface area contributed by atoms with Crippen LogP contribution >= 0.6 is 11.3 Å². The molecule has 0 unspecified atom stereocenters. The van der Waals surface area contributed by atoms with Gasteiger partial charge in [0.05, 0.1) is 5.01 Å². The minimum atomic E-state index is 0.0760. The van der Waals surface area contributed by atoms with E-state index in [2.05, 4.69) is 14.8 Å². The number of carbonyl (C=O) groups excluding carboxylic acids is 1. The first-order valence-corrected chi connectivity index (χ1v) is 10.0. The minimum absolute atomic E-state index is 0.0760. The standard InChI is InChI=1S/C18H30N4OS/c1-15-20-12-16(24-15)13-21-7-9-22(10-8-21)17(23)11-18(14-19)5-3-2-4-6-18/h12H,2-11,13-14,19H2,1H3. The number of rotatable bonds is 5. The Morgan fingerprint density at radius 3 is 2.54 bits per heavy atom. The van der Waals surface area contributed by atoms with Crippen LogP contribution in [0.3, 0.4) is 0 Å². The van der Waals surface area contributed by atoms with Gasteiger partial charge in [-0.3, -0.25) is 9.69 Å². The summed E-state index contributed by atoms with van der Waals surface area (Å²) < 4.78 is 0. The maximum absolute atomic E-state index is 12.7. The largest absolute Gasteiger partial charge is 0.340 e. The Hall–Kier alpha value is -0.980. The van der Waals surface area contributed by atoms with Crippen molar-refractivity contribution in [2.75, 3.05) is 32.7 Å². The van der Waals surface area contributed by atoms with Crippen molar-refractivity contribution < 1.29 is 4.79 Å². The van der Waals surface area contributed by atoms with Crippen molar-refractivity contribution in [1.82, 2.24) is 14.8 Å². The van der Waals surface area contributed by atoms with Gasteiger partial charge in [-0.15, -0.1) is 11.3 Å². The van der Waals surface area contributed by atoms with Gasteiger partial charge in [0.15, 0.2) is 0 Å². The molecule has 1 saturated heterocycles. The van der Waals surface area contributed by atoms with Crippen molar-refractivity contribution in [3.05, 3.63) is 16.1 Å². The van der Waals surface area contributed by atoms with Crippen molar-refractivity contribution in [3.8, 4) is 0 Å². The SMILES string of the molecule is Cc1ncc(CN2CCN(C(=O)CC3(CN)CCCCC3)CC2)s1. The van der Waals surface area contributed by atoms with E-state index < -0.39 is 0 Å². The lowest BCUT2D eigenvalue weighted by Gasteiger charge is -2.39. The molecular weight excluding hydrogens is 320 g/mol. The molecule has 2 N–H and O–H groups in total. The summed E-state index contributed by atoms with van der Waals surface area (Å²) in [6.45, 7) is 7.26. The number of aryl methyl sites for hydroxylation is 1. The van der Waals surface area contributed by atoms with Crippen LogP contribution in [0, 0.1) is 12.3 Å². The predicted molar refractivity (Wildman–Crippen MR) is 97.9 cm³/mol.